The number of aromatic nitrogens is 4. The standard InChI is InChI=1S/C21H24FIN6O5S2/c1-35(30,31)36(32,33)28-5-2-12(11-28)3-6-29-17(25-18-19(24)26-21(22)27-20(18)29)9-14-8-13-4-7-34-16(13)10-15(14)23/h8,10,12H,2-7,9,11H2,1H3,(H2,24,26,27). The molecular weight excluding hydrogens is 626 g/mol. The summed E-state index contributed by atoms with van der Waals surface area (Å²) in [7, 11) is -8.65. The van der Waals surface area contributed by atoms with Crippen molar-refractivity contribution in [3.63, 3.8) is 0 Å². The number of benzene rings is 1. The summed E-state index contributed by atoms with van der Waals surface area (Å²) in [4.78, 5) is 12.2. The Morgan fingerprint density at radius 2 is 2.00 bits per heavy atom. The smallest absolute Gasteiger partial charge is 0.319 e. The van der Waals surface area contributed by atoms with Crippen molar-refractivity contribution >= 4 is 57.5 Å². The van der Waals surface area contributed by atoms with Crippen LogP contribution in [0.3, 0.4) is 0 Å². The van der Waals surface area contributed by atoms with Gasteiger partial charge in [0.05, 0.1) is 12.9 Å². The maximum absolute atomic E-state index is 14.1. The fourth-order valence-corrected chi connectivity index (χ4v) is 8.00. The molecule has 15 heteroatoms. The van der Waals surface area contributed by atoms with Crippen molar-refractivity contribution in [1.29, 1.82) is 0 Å². The molecule has 194 valence electrons. The number of hydrogen-bond acceptors (Lipinski definition) is 9. The van der Waals surface area contributed by atoms with Crippen LogP contribution < -0.4 is 10.5 Å². The molecule has 1 saturated heterocycles. The van der Waals surface area contributed by atoms with Crippen LogP contribution >= 0.6 is 22.6 Å². The molecule has 2 aliphatic heterocycles. The zero-order valence-electron chi connectivity index (χ0n) is 19.3. The van der Waals surface area contributed by atoms with E-state index in [1.807, 2.05) is 6.07 Å². The molecule has 2 aromatic heterocycles. The van der Waals surface area contributed by atoms with E-state index in [-0.39, 0.29) is 30.5 Å². The van der Waals surface area contributed by atoms with E-state index in [0.717, 1.165) is 31.2 Å². The number of nitrogens with two attached hydrogens (primary N) is 1. The Morgan fingerprint density at radius 1 is 1.22 bits per heavy atom. The summed E-state index contributed by atoms with van der Waals surface area (Å²) < 4.78 is 71.5. The van der Waals surface area contributed by atoms with Gasteiger partial charge in [-0.15, -0.1) is 0 Å². The van der Waals surface area contributed by atoms with E-state index in [0.29, 0.717) is 50.0 Å². The van der Waals surface area contributed by atoms with Gasteiger partial charge in [0.2, 0.25) is 0 Å². The first-order valence-electron chi connectivity index (χ1n) is 11.3. The summed E-state index contributed by atoms with van der Waals surface area (Å²) in [5.74, 6) is 1.38. The molecule has 0 amide bonds. The number of hydrogen-bond donors (Lipinski definition) is 1. The third-order valence-corrected chi connectivity index (χ3v) is 12.3. The lowest BCUT2D eigenvalue weighted by molar-refractivity contribution is 0.356. The number of nitrogens with zero attached hydrogens (tertiary/aromatic N) is 5. The van der Waals surface area contributed by atoms with Gasteiger partial charge in [-0.3, -0.25) is 0 Å². The average Bonchev–Trinajstić information content (AvgIpc) is 3.51. The molecule has 3 aromatic rings. The van der Waals surface area contributed by atoms with Crippen molar-refractivity contribution in [1.82, 2.24) is 23.8 Å². The lowest BCUT2D eigenvalue weighted by Gasteiger charge is -2.16. The van der Waals surface area contributed by atoms with E-state index >= 15 is 0 Å². The van der Waals surface area contributed by atoms with Gasteiger partial charge < -0.3 is 15.0 Å². The van der Waals surface area contributed by atoms with Crippen LogP contribution in [0.4, 0.5) is 10.2 Å². The van der Waals surface area contributed by atoms with Gasteiger partial charge in [0, 0.05) is 36.0 Å². The summed E-state index contributed by atoms with van der Waals surface area (Å²) in [6.45, 7) is 1.26. The highest BCUT2D eigenvalue weighted by atomic mass is 127. The Hall–Kier alpha value is -2.11. The van der Waals surface area contributed by atoms with Crippen molar-refractivity contribution in [2.75, 3.05) is 31.7 Å². The molecule has 1 atom stereocenters. The molecule has 1 unspecified atom stereocenters. The van der Waals surface area contributed by atoms with Gasteiger partial charge in [-0.1, -0.05) is 6.07 Å². The summed E-state index contributed by atoms with van der Waals surface area (Å²) in [6, 6.07) is 4.09. The third kappa shape index (κ3) is 4.65. The Balaban J connectivity index is 1.43. The van der Waals surface area contributed by atoms with Crippen LogP contribution in [0.5, 0.6) is 5.75 Å². The highest BCUT2D eigenvalue weighted by molar-refractivity contribution is 14.1. The highest BCUT2D eigenvalue weighted by Crippen LogP contribution is 2.32. The second-order valence-electron chi connectivity index (χ2n) is 9.02. The van der Waals surface area contributed by atoms with E-state index in [9.17, 15) is 21.2 Å². The molecule has 0 aliphatic carbocycles. The molecule has 0 bridgehead atoms. The Morgan fingerprint density at radius 3 is 2.75 bits per heavy atom. The van der Waals surface area contributed by atoms with Gasteiger partial charge in [-0.25, -0.2) is 13.4 Å². The Kier molecular flexibility index (Phi) is 6.61. The predicted octanol–water partition coefficient (Wildman–Crippen LogP) is 1.68. The lowest BCUT2D eigenvalue weighted by atomic mass is 10.0. The van der Waals surface area contributed by atoms with Crippen molar-refractivity contribution in [2.45, 2.75) is 32.2 Å². The predicted molar refractivity (Wildman–Crippen MR) is 139 cm³/mol. The van der Waals surface area contributed by atoms with Crippen LogP contribution in [0.15, 0.2) is 12.1 Å². The first-order valence-corrected chi connectivity index (χ1v) is 16.2. The first-order chi connectivity index (χ1) is 16.9. The molecule has 11 nitrogen and oxygen atoms in total. The van der Waals surface area contributed by atoms with Gasteiger partial charge in [-0.05, 0) is 58.5 Å². The number of aryl methyl sites for hydroxylation is 1. The zero-order valence-corrected chi connectivity index (χ0v) is 23.1. The van der Waals surface area contributed by atoms with Crippen molar-refractivity contribution in [2.24, 2.45) is 5.92 Å². The fourth-order valence-electron chi connectivity index (χ4n) is 4.71. The normalized spacial score (nSPS) is 18.6. The molecule has 0 radical (unpaired) electrons. The van der Waals surface area contributed by atoms with E-state index in [2.05, 4.69) is 43.6 Å². The largest absolute Gasteiger partial charge is 0.493 e. The maximum Gasteiger partial charge on any atom is 0.319 e. The molecular formula is C21H24FIN6O5S2. The molecule has 1 aromatic carbocycles. The molecule has 4 heterocycles. The van der Waals surface area contributed by atoms with Gasteiger partial charge in [-0.2, -0.15) is 27.1 Å². The van der Waals surface area contributed by atoms with E-state index < -0.39 is 24.0 Å². The average molecular weight is 650 g/mol. The summed E-state index contributed by atoms with van der Waals surface area (Å²) in [6.07, 6.45) is 2.06. The molecule has 2 N–H and O–H groups in total. The van der Waals surface area contributed by atoms with E-state index in [1.165, 1.54) is 0 Å². The number of halogens is 2. The summed E-state index contributed by atoms with van der Waals surface area (Å²) in [5, 5.41) is 0. The molecule has 36 heavy (non-hydrogen) atoms. The highest BCUT2D eigenvalue weighted by Gasteiger charge is 2.37. The minimum atomic E-state index is -4.40. The second kappa shape index (κ2) is 9.33. The van der Waals surface area contributed by atoms with Gasteiger partial charge in [0.25, 0.3) is 8.87 Å². The number of imidazole rings is 1. The SMILES string of the molecule is CS(=O)(=O)S(=O)(=O)N1CCC(CCn2c(Cc3cc4c(cc3I)OCC4)nc3c(N)nc(F)nc32)C1. The van der Waals surface area contributed by atoms with E-state index in [4.69, 9.17) is 10.5 Å². The van der Waals surface area contributed by atoms with Crippen molar-refractivity contribution < 1.29 is 26.0 Å². The fraction of sp³-hybridized carbons (Fsp3) is 0.476. The van der Waals surface area contributed by atoms with Crippen molar-refractivity contribution in [3.05, 3.63) is 38.7 Å². The molecule has 1 fully saturated rings. The van der Waals surface area contributed by atoms with Gasteiger partial charge in [0.1, 0.15) is 11.6 Å². The molecule has 2 aliphatic rings. The van der Waals surface area contributed by atoms with Crippen LogP contribution in [0, 0.1) is 15.6 Å². The number of ether oxygens (including phenoxy) is 1. The van der Waals surface area contributed by atoms with Crippen LogP contribution in [0.2, 0.25) is 0 Å². The molecule has 0 saturated carbocycles. The van der Waals surface area contributed by atoms with E-state index in [1.54, 1.807) is 4.57 Å². The van der Waals surface area contributed by atoms with Gasteiger partial charge >= 0.3 is 15.1 Å². The maximum atomic E-state index is 14.1. The number of anilines is 1. The number of nitrogen functional groups attached to an aromatic ring is 1. The topological polar surface area (TPSA) is 150 Å². The van der Waals surface area contributed by atoms with Crippen LogP contribution in [0.25, 0.3) is 11.2 Å². The summed E-state index contributed by atoms with van der Waals surface area (Å²) >= 11 is 2.25. The van der Waals surface area contributed by atoms with Gasteiger partial charge in [0.15, 0.2) is 17.0 Å². The first kappa shape index (κ1) is 25.5. The molecule has 0 spiro atoms. The van der Waals surface area contributed by atoms with Crippen LogP contribution in [-0.4, -0.2) is 66.6 Å². The van der Waals surface area contributed by atoms with Crippen LogP contribution in [0.1, 0.15) is 29.8 Å². The minimum Gasteiger partial charge on any atom is -0.493 e. The molecule has 5 rings (SSSR count). The lowest BCUT2D eigenvalue weighted by Crippen LogP contribution is -2.34. The monoisotopic (exact) mass is 650 g/mol. The second-order valence-corrected chi connectivity index (χ2v) is 16.0. The zero-order chi connectivity index (χ0) is 25.8. The minimum absolute atomic E-state index is 0.0548. The Bertz CT molecular complexity index is 1580. The quantitative estimate of drug-likeness (QED) is 0.229. The van der Waals surface area contributed by atoms with Crippen LogP contribution in [-0.2, 0) is 37.3 Å². The Labute approximate surface area is 220 Å². The number of rotatable bonds is 7. The number of fused-ring (bicyclic) bond motifs is 2. The third-order valence-electron chi connectivity index (χ3n) is 6.59. The summed E-state index contributed by atoms with van der Waals surface area (Å²) in [5.41, 5.74) is 8.68. The van der Waals surface area contributed by atoms with Crippen molar-refractivity contribution in [3.8, 4) is 5.75 Å².